The fourth-order valence-electron chi connectivity index (χ4n) is 3.20. The van der Waals surface area contributed by atoms with Gasteiger partial charge in [-0.3, -0.25) is 19.9 Å². The molecule has 2 amide bonds. The van der Waals surface area contributed by atoms with Crippen molar-refractivity contribution in [3.05, 3.63) is 57.0 Å². The number of nitrogens with zero attached hydrogens (tertiary/aromatic N) is 1. The summed E-state index contributed by atoms with van der Waals surface area (Å²) in [6.45, 7) is 1.40. The van der Waals surface area contributed by atoms with Gasteiger partial charge in [0.1, 0.15) is 11.9 Å². The van der Waals surface area contributed by atoms with Gasteiger partial charge < -0.3 is 15.0 Å². The van der Waals surface area contributed by atoms with Gasteiger partial charge in [0.15, 0.2) is 0 Å². The number of amides is 2. The molecule has 3 heterocycles. The second-order valence-electron chi connectivity index (χ2n) is 6.72. The Bertz CT molecular complexity index is 996. The monoisotopic (exact) mass is 451 g/mol. The number of carbonyl (C=O) groups excluding carboxylic acids is 2. The fraction of sp³-hybridized carbons (Fsp3) is 0.300. The first-order valence-electron chi connectivity index (χ1n) is 9.36. The van der Waals surface area contributed by atoms with E-state index in [9.17, 15) is 14.0 Å². The third kappa shape index (κ3) is 4.65. The molecule has 0 saturated carbocycles. The summed E-state index contributed by atoms with van der Waals surface area (Å²) in [4.78, 5) is 31.7. The van der Waals surface area contributed by atoms with Crippen molar-refractivity contribution in [2.45, 2.75) is 12.5 Å². The van der Waals surface area contributed by atoms with E-state index in [-0.39, 0.29) is 24.8 Å². The molecule has 0 radical (unpaired) electrons. The second kappa shape index (κ2) is 9.13. The highest BCUT2D eigenvalue weighted by atomic mass is 35.5. The number of thiophene rings is 1. The topological polar surface area (TPSA) is 79.9 Å². The Morgan fingerprint density at radius 2 is 2.20 bits per heavy atom. The van der Waals surface area contributed by atoms with Crippen LogP contribution in [0.1, 0.15) is 21.7 Å². The van der Waals surface area contributed by atoms with Crippen LogP contribution in [0.25, 0.3) is 5.70 Å². The molecule has 7 nitrogen and oxygen atoms in total. The Balaban J connectivity index is 1.41. The predicted octanol–water partition coefficient (Wildman–Crippen LogP) is 2.97. The molecule has 1 aromatic carbocycles. The largest absolute Gasteiger partial charge is 0.379 e. The summed E-state index contributed by atoms with van der Waals surface area (Å²) in [5.41, 5.74) is 3.97. The van der Waals surface area contributed by atoms with E-state index in [0.717, 1.165) is 0 Å². The third-order valence-electron chi connectivity index (χ3n) is 4.71. The maximum Gasteiger partial charge on any atom is 0.261 e. The van der Waals surface area contributed by atoms with Gasteiger partial charge in [0.2, 0.25) is 5.91 Å². The lowest BCUT2D eigenvalue weighted by Crippen LogP contribution is -2.32. The summed E-state index contributed by atoms with van der Waals surface area (Å²) in [5.74, 6) is -0.825. The van der Waals surface area contributed by atoms with Crippen LogP contribution < -0.4 is 15.7 Å². The quantitative estimate of drug-likeness (QED) is 0.730. The number of hydrogen-bond donors (Lipinski definition) is 2. The molecule has 30 heavy (non-hydrogen) atoms. The van der Waals surface area contributed by atoms with Crippen LogP contribution in [0.5, 0.6) is 0 Å². The second-order valence-corrected chi connectivity index (χ2v) is 8.44. The highest BCUT2D eigenvalue weighted by Crippen LogP contribution is 2.26. The van der Waals surface area contributed by atoms with Gasteiger partial charge in [-0.15, -0.1) is 11.3 Å². The number of carbonyl (C=O) groups is 2. The first-order valence-corrected chi connectivity index (χ1v) is 10.6. The van der Waals surface area contributed by atoms with Gasteiger partial charge in [-0.1, -0.05) is 11.6 Å². The Hall–Kier alpha value is -2.46. The van der Waals surface area contributed by atoms with Crippen LogP contribution in [0.15, 0.2) is 36.4 Å². The molecule has 158 valence electrons. The number of anilines is 1. The van der Waals surface area contributed by atoms with E-state index in [1.54, 1.807) is 30.3 Å². The smallest absolute Gasteiger partial charge is 0.261 e. The van der Waals surface area contributed by atoms with E-state index in [1.165, 1.54) is 22.3 Å². The van der Waals surface area contributed by atoms with Crippen LogP contribution in [0, 0.1) is 5.82 Å². The molecule has 2 aliphatic heterocycles. The molecule has 0 bridgehead atoms. The summed E-state index contributed by atoms with van der Waals surface area (Å²) < 4.78 is 20.6. The molecule has 10 heteroatoms. The van der Waals surface area contributed by atoms with Gasteiger partial charge in [0.25, 0.3) is 5.91 Å². The average molecular weight is 452 g/mol. The molecular weight excluding hydrogens is 433 g/mol. The predicted molar refractivity (Wildman–Crippen MR) is 112 cm³/mol. The van der Waals surface area contributed by atoms with Gasteiger partial charge in [-0.25, -0.2) is 4.39 Å². The lowest BCUT2D eigenvalue weighted by Gasteiger charge is -2.20. The molecule has 0 aliphatic carbocycles. The molecule has 2 N–H and O–H groups in total. The number of hydrogen-bond acceptors (Lipinski definition) is 6. The molecule has 1 aromatic heterocycles. The van der Waals surface area contributed by atoms with Crippen molar-refractivity contribution in [1.82, 2.24) is 10.8 Å². The summed E-state index contributed by atoms with van der Waals surface area (Å²) >= 11 is 7.03. The Morgan fingerprint density at radius 1 is 1.33 bits per heavy atom. The van der Waals surface area contributed by atoms with Crippen molar-refractivity contribution in [1.29, 1.82) is 0 Å². The van der Waals surface area contributed by atoms with Gasteiger partial charge in [0, 0.05) is 17.8 Å². The van der Waals surface area contributed by atoms with Gasteiger partial charge in [-0.2, -0.15) is 0 Å². The maximum atomic E-state index is 14.8. The highest BCUT2D eigenvalue weighted by Gasteiger charge is 2.23. The number of rotatable bonds is 5. The normalized spacial score (nSPS) is 19.3. The Labute approximate surface area is 181 Å². The van der Waals surface area contributed by atoms with Crippen LogP contribution in [0.2, 0.25) is 4.34 Å². The van der Waals surface area contributed by atoms with E-state index in [2.05, 4.69) is 10.8 Å². The molecule has 0 spiro atoms. The minimum absolute atomic E-state index is 0.0935. The summed E-state index contributed by atoms with van der Waals surface area (Å²) in [6.07, 6.45) is 1.52. The maximum absolute atomic E-state index is 14.8. The van der Waals surface area contributed by atoms with Crippen molar-refractivity contribution in [3.8, 4) is 0 Å². The van der Waals surface area contributed by atoms with E-state index < -0.39 is 11.9 Å². The van der Waals surface area contributed by atoms with Crippen LogP contribution in [0.4, 0.5) is 10.1 Å². The van der Waals surface area contributed by atoms with E-state index in [1.807, 2.05) is 0 Å². The number of halogens is 2. The highest BCUT2D eigenvalue weighted by molar-refractivity contribution is 7.18. The standard InChI is InChI=1S/C20H19ClFN3O4S/c21-18-4-3-17(30-18)20(27)23-11-13-10-16(24-29-13)14-2-1-12(9-15(14)22)25-6-8-28-7-5-19(25)26/h1-4,9-10,13,24H,5-8,11H2,(H,23,27). The molecule has 1 fully saturated rings. The van der Waals surface area contributed by atoms with Crippen LogP contribution in [-0.4, -0.2) is 44.2 Å². The van der Waals surface area contributed by atoms with Crippen molar-refractivity contribution in [3.63, 3.8) is 0 Å². The SMILES string of the molecule is O=C(NCC1C=C(c2ccc(N3CCOCCC3=O)cc2F)NO1)c1ccc(Cl)s1. The zero-order valence-electron chi connectivity index (χ0n) is 15.8. The van der Waals surface area contributed by atoms with Gasteiger partial charge in [-0.05, 0) is 36.4 Å². The van der Waals surface area contributed by atoms with E-state index in [0.29, 0.717) is 45.9 Å². The minimum Gasteiger partial charge on any atom is -0.379 e. The first kappa shape index (κ1) is 20.8. The number of benzene rings is 1. The van der Waals surface area contributed by atoms with Crippen molar-refractivity contribution >= 4 is 46.1 Å². The molecule has 2 aliphatic rings. The average Bonchev–Trinajstić information content (AvgIpc) is 3.32. The van der Waals surface area contributed by atoms with Crippen LogP contribution >= 0.6 is 22.9 Å². The third-order valence-corrected chi connectivity index (χ3v) is 5.94. The zero-order valence-corrected chi connectivity index (χ0v) is 17.4. The summed E-state index contributed by atoms with van der Waals surface area (Å²) in [7, 11) is 0. The van der Waals surface area contributed by atoms with Gasteiger partial charge in [0.05, 0.1) is 41.1 Å². The molecule has 4 rings (SSSR count). The molecule has 1 unspecified atom stereocenters. The Morgan fingerprint density at radius 3 is 2.97 bits per heavy atom. The van der Waals surface area contributed by atoms with E-state index in [4.69, 9.17) is 21.2 Å². The first-order chi connectivity index (χ1) is 14.5. The minimum atomic E-state index is -0.481. The van der Waals surface area contributed by atoms with Crippen molar-refractivity contribution in [2.75, 3.05) is 31.2 Å². The van der Waals surface area contributed by atoms with Crippen molar-refractivity contribution < 1.29 is 23.6 Å². The lowest BCUT2D eigenvalue weighted by molar-refractivity contribution is -0.118. The summed E-state index contributed by atoms with van der Waals surface area (Å²) in [5, 5.41) is 2.76. The number of hydroxylamine groups is 1. The molecule has 1 saturated heterocycles. The van der Waals surface area contributed by atoms with Crippen LogP contribution in [-0.2, 0) is 14.4 Å². The fourth-order valence-corrected chi connectivity index (χ4v) is 4.16. The Kier molecular flexibility index (Phi) is 6.33. The van der Waals surface area contributed by atoms with Gasteiger partial charge >= 0.3 is 0 Å². The van der Waals surface area contributed by atoms with Crippen LogP contribution in [0.3, 0.4) is 0 Å². The van der Waals surface area contributed by atoms with Crippen molar-refractivity contribution in [2.24, 2.45) is 0 Å². The molecular formula is C20H19ClFN3O4S. The number of ether oxygens (including phenoxy) is 1. The summed E-state index contributed by atoms with van der Waals surface area (Å²) in [6, 6.07) is 7.93. The number of nitrogens with one attached hydrogen (secondary N) is 2. The zero-order chi connectivity index (χ0) is 21.1. The molecule has 2 aromatic rings. The van der Waals surface area contributed by atoms with E-state index >= 15 is 0 Å². The molecule has 1 atom stereocenters. The lowest BCUT2D eigenvalue weighted by atomic mass is 10.1.